The molecule has 16 nitrogen and oxygen atoms in total. The van der Waals surface area contributed by atoms with E-state index < -0.39 is 6.61 Å². The predicted molar refractivity (Wildman–Crippen MR) is 247 cm³/mol. The molecule has 2 N–H and O–H groups in total. The summed E-state index contributed by atoms with van der Waals surface area (Å²) in [7, 11) is 8.47. The van der Waals surface area contributed by atoms with Gasteiger partial charge in [-0.2, -0.15) is 19.0 Å². The number of aromatic nitrogens is 8. The Morgan fingerprint density at radius 2 is 1.06 bits per heavy atom. The summed E-state index contributed by atoms with van der Waals surface area (Å²) in [6, 6.07) is 22.4. The molecule has 4 aromatic heterocycles. The van der Waals surface area contributed by atoms with E-state index in [-0.39, 0.29) is 18.9 Å². The van der Waals surface area contributed by atoms with Crippen LogP contribution in [0.25, 0.3) is 44.6 Å². The van der Waals surface area contributed by atoms with Crippen LogP contribution in [0, 0.1) is 0 Å². The van der Waals surface area contributed by atoms with Gasteiger partial charge in [-0.05, 0) is 36.4 Å². The van der Waals surface area contributed by atoms with Gasteiger partial charge >= 0.3 is 6.61 Å². The van der Waals surface area contributed by atoms with Crippen LogP contribution >= 0.6 is 0 Å². The third-order valence-electron chi connectivity index (χ3n) is 10.2. The number of ether oxygens (including phenoxy) is 4. The van der Waals surface area contributed by atoms with Crippen molar-refractivity contribution in [2.24, 2.45) is 14.1 Å². The Kier molecular flexibility index (Phi) is 14.6. The number of anilines is 4. The van der Waals surface area contributed by atoms with E-state index in [0.717, 1.165) is 63.8 Å². The van der Waals surface area contributed by atoms with Crippen LogP contribution in [0.3, 0.4) is 0 Å². The molecular formula is C47H51F2N11O5. The molecule has 0 aliphatic heterocycles. The number of methoxy groups -OCH3 is 3. The number of alkyl halides is 2. The van der Waals surface area contributed by atoms with Crippen molar-refractivity contribution >= 4 is 44.8 Å². The van der Waals surface area contributed by atoms with Crippen LogP contribution in [-0.4, -0.2) is 105 Å². The molecule has 0 fully saturated rings. The second kappa shape index (κ2) is 20.8. The Labute approximate surface area is 375 Å². The number of nitrogens with zero attached hydrogens (tertiary/aromatic N) is 10. The number of nitrogens with one attached hydrogen (secondary N) is 1. The maximum Gasteiger partial charge on any atom is 0.387 e. The van der Waals surface area contributed by atoms with Gasteiger partial charge in [0.1, 0.15) is 23.0 Å². The Hall–Kier alpha value is -7.44. The van der Waals surface area contributed by atoms with E-state index in [1.54, 1.807) is 59.3 Å². The fourth-order valence-electron chi connectivity index (χ4n) is 7.05. The minimum atomic E-state index is -2.97. The summed E-state index contributed by atoms with van der Waals surface area (Å²) in [6.45, 7) is 2.94. The molecule has 0 saturated heterocycles. The van der Waals surface area contributed by atoms with Gasteiger partial charge in [0.2, 0.25) is 0 Å². The largest absolute Gasteiger partial charge is 0.497 e. The maximum absolute atomic E-state index is 12.8. The van der Waals surface area contributed by atoms with Crippen molar-refractivity contribution < 1.29 is 32.8 Å². The van der Waals surface area contributed by atoms with Crippen LogP contribution in [-0.2, 0) is 14.1 Å². The average Bonchev–Trinajstić information content (AvgIpc) is 3.96. The van der Waals surface area contributed by atoms with Gasteiger partial charge in [0.05, 0.1) is 86.2 Å². The van der Waals surface area contributed by atoms with Gasteiger partial charge < -0.3 is 39.2 Å². The zero-order valence-corrected chi connectivity index (χ0v) is 37.2. The quantitative estimate of drug-likeness (QED) is 0.0906. The standard InChI is InChI=1S/C25H30N6O2.C22H21F2N5O3/c1-17(2)26-8-9-31(20-10-21(32-4)13-22(11-20)33-5)19-6-7-23-24(12-19)29-25(15-27-23)18-14-28-30(3)16-18;1-28-13-14(11-26-28)21-12-25-19-4-3-15(9-20(19)27-21)29(5-6-30)16-7-17(31-2)10-18(8-16)32-22(23)24/h6-7,10-17,26H,8-9H2,1-5H3;3-4,7-13,22,30H,5-6H2,1-2H3. The molecule has 0 amide bonds. The summed E-state index contributed by atoms with van der Waals surface area (Å²) in [5, 5.41) is 21.6. The van der Waals surface area contributed by atoms with Crippen LogP contribution in [0.1, 0.15) is 13.8 Å². The Balaban J connectivity index is 0.000000194. The van der Waals surface area contributed by atoms with Crippen molar-refractivity contribution in [1.29, 1.82) is 0 Å². The fourth-order valence-corrected chi connectivity index (χ4v) is 7.05. The highest BCUT2D eigenvalue weighted by atomic mass is 19.3. The first-order chi connectivity index (χ1) is 31.4. The Bertz CT molecular complexity index is 2830. The first-order valence-electron chi connectivity index (χ1n) is 20.7. The maximum atomic E-state index is 12.8. The molecule has 0 spiro atoms. The van der Waals surface area contributed by atoms with Crippen molar-refractivity contribution in [3.63, 3.8) is 0 Å². The highest BCUT2D eigenvalue weighted by molar-refractivity contribution is 5.84. The summed E-state index contributed by atoms with van der Waals surface area (Å²) in [5.41, 5.74) is 9.44. The lowest BCUT2D eigenvalue weighted by Crippen LogP contribution is -2.32. The normalized spacial score (nSPS) is 11.2. The molecule has 8 aromatic rings. The molecule has 4 aromatic carbocycles. The van der Waals surface area contributed by atoms with Crippen molar-refractivity contribution in [1.82, 2.24) is 44.8 Å². The summed E-state index contributed by atoms with van der Waals surface area (Å²) >= 11 is 0. The number of hydrogen-bond acceptors (Lipinski definition) is 14. The fraction of sp³-hybridized carbons (Fsp3) is 0.277. The van der Waals surface area contributed by atoms with Crippen LogP contribution in [0.4, 0.5) is 31.5 Å². The number of halogens is 2. The van der Waals surface area contributed by atoms with Gasteiger partial charge in [0.15, 0.2) is 0 Å². The van der Waals surface area contributed by atoms with Gasteiger partial charge in [-0.1, -0.05) is 13.8 Å². The SMILES string of the molecule is COc1cc(OC(F)F)cc(N(CCO)c2ccc3ncc(-c4cnn(C)c4)nc3c2)c1.COc1cc(OC)cc(N(CCNC(C)C)c2ccc3ncc(-c4cnn(C)c4)nc3c2)c1. The molecule has 0 radical (unpaired) electrons. The Morgan fingerprint density at radius 3 is 1.48 bits per heavy atom. The third-order valence-corrected chi connectivity index (χ3v) is 10.2. The van der Waals surface area contributed by atoms with Gasteiger partial charge in [-0.25, -0.2) is 9.97 Å². The molecule has 0 atom stereocenters. The molecule has 0 aliphatic rings. The van der Waals surface area contributed by atoms with Gasteiger partial charge in [-0.15, -0.1) is 0 Å². The van der Waals surface area contributed by atoms with Crippen LogP contribution in [0.15, 0.2) is 110 Å². The second-order valence-electron chi connectivity index (χ2n) is 15.1. The van der Waals surface area contributed by atoms with Crippen molar-refractivity contribution in [2.75, 3.05) is 57.4 Å². The van der Waals surface area contributed by atoms with Gasteiger partial charge in [-0.3, -0.25) is 19.3 Å². The predicted octanol–water partition coefficient (Wildman–Crippen LogP) is 7.95. The summed E-state index contributed by atoms with van der Waals surface area (Å²) < 4.78 is 49.8. The lowest BCUT2D eigenvalue weighted by molar-refractivity contribution is -0.0499. The lowest BCUT2D eigenvalue weighted by atomic mass is 10.2. The number of fused-ring (bicyclic) bond motifs is 2. The number of rotatable bonds is 17. The van der Waals surface area contributed by atoms with E-state index in [1.165, 1.54) is 19.2 Å². The van der Waals surface area contributed by atoms with Gasteiger partial charge in [0.25, 0.3) is 0 Å². The Morgan fingerprint density at radius 1 is 0.600 bits per heavy atom. The van der Waals surface area contributed by atoms with Gasteiger partial charge in [0, 0.05) is 122 Å². The van der Waals surface area contributed by atoms with E-state index in [4.69, 9.17) is 24.2 Å². The number of hydrogen-bond donors (Lipinski definition) is 2. The molecule has 0 saturated carbocycles. The highest BCUT2D eigenvalue weighted by Gasteiger charge is 2.17. The minimum absolute atomic E-state index is 0.0447. The van der Waals surface area contributed by atoms with E-state index in [2.05, 4.69) is 61.1 Å². The molecule has 0 bridgehead atoms. The van der Waals surface area contributed by atoms with Crippen LogP contribution in [0.5, 0.6) is 23.0 Å². The number of aryl methyl sites for hydroxylation is 2. The highest BCUT2D eigenvalue weighted by Crippen LogP contribution is 2.36. The minimum Gasteiger partial charge on any atom is -0.497 e. The number of aliphatic hydroxyl groups excluding tert-OH is 1. The number of aliphatic hydroxyl groups is 1. The van der Waals surface area contributed by atoms with E-state index in [0.29, 0.717) is 39.9 Å². The molecule has 338 valence electrons. The summed E-state index contributed by atoms with van der Waals surface area (Å²) in [5.74, 6) is 1.79. The molecule has 4 heterocycles. The number of benzene rings is 4. The van der Waals surface area contributed by atoms with E-state index in [9.17, 15) is 13.9 Å². The zero-order valence-electron chi connectivity index (χ0n) is 37.2. The first kappa shape index (κ1) is 45.6. The monoisotopic (exact) mass is 887 g/mol. The lowest BCUT2D eigenvalue weighted by Gasteiger charge is -2.27. The molecular weight excluding hydrogens is 837 g/mol. The van der Waals surface area contributed by atoms with Crippen molar-refractivity contribution in [3.8, 4) is 45.5 Å². The zero-order chi connectivity index (χ0) is 46.0. The molecule has 18 heteroatoms. The van der Waals surface area contributed by atoms with Crippen LogP contribution < -0.4 is 34.1 Å². The van der Waals surface area contributed by atoms with Crippen LogP contribution in [0.2, 0.25) is 0 Å². The van der Waals surface area contributed by atoms with E-state index >= 15 is 0 Å². The molecule has 0 unspecified atom stereocenters. The summed E-state index contributed by atoms with van der Waals surface area (Å²) in [6.07, 6.45) is 10.8. The molecule has 0 aliphatic carbocycles. The molecule has 65 heavy (non-hydrogen) atoms. The van der Waals surface area contributed by atoms with Crippen molar-refractivity contribution in [3.05, 3.63) is 110 Å². The molecule has 8 rings (SSSR count). The van der Waals surface area contributed by atoms with E-state index in [1.807, 2.05) is 69.0 Å². The summed E-state index contributed by atoms with van der Waals surface area (Å²) in [4.78, 5) is 22.6. The third kappa shape index (κ3) is 11.4. The first-order valence-corrected chi connectivity index (χ1v) is 20.7. The smallest absolute Gasteiger partial charge is 0.387 e. The topological polar surface area (TPSA) is 163 Å². The van der Waals surface area contributed by atoms with Crippen molar-refractivity contribution in [2.45, 2.75) is 26.5 Å². The second-order valence-corrected chi connectivity index (χ2v) is 15.1. The average molecular weight is 888 g/mol.